The predicted octanol–water partition coefficient (Wildman–Crippen LogP) is 1.35. The number of hydrogen-bond acceptors (Lipinski definition) is 4. The Morgan fingerprint density at radius 2 is 1.69 bits per heavy atom. The summed E-state index contributed by atoms with van der Waals surface area (Å²) in [6, 6.07) is 0.269. The lowest BCUT2D eigenvalue weighted by Gasteiger charge is -2.23. The monoisotopic (exact) mass is 232 g/mol. The molecule has 0 saturated carbocycles. The van der Waals surface area contributed by atoms with Crippen molar-refractivity contribution in [2.24, 2.45) is 11.7 Å². The van der Waals surface area contributed by atoms with Crippen LogP contribution in [0.25, 0.3) is 0 Å². The summed E-state index contributed by atoms with van der Waals surface area (Å²) in [6.07, 6.45) is 3.05. The van der Waals surface area contributed by atoms with E-state index < -0.39 is 0 Å². The van der Waals surface area contributed by atoms with Gasteiger partial charge in [-0.3, -0.25) is 0 Å². The topological polar surface area (TPSA) is 56.5 Å². The molecule has 3 N–H and O–H groups in total. The molecule has 0 aliphatic rings. The molecule has 0 aromatic rings. The zero-order chi connectivity index (χ0) is 12.4. The van der Waals surface area contributed by atoms with Gasteiger partial charge in [-0.15, -0.1) is 0 Å². The van der Waals surface area contributed by atoms with Crippen LogP contribution in [-0.4, -0.2) is 39.6 Å². The van der Waals surface area contributed by atoms with E-state index in [9.17, 15) is 0 Å². The molecule has 0 aliphatic heterocycles. The molecule has 0 saturated heterocycles. The van der Waals surface area contributed by atoms with Crippen molar-refractivity contribution in [3.05, 3.63) is 0 Å². The van der Waals surface area contributed by atoms with Gasteiger partial charge in [0.15, 0.2) is 6.29 Å². The third kappa shape index (κ3) is 6.43. The Bertz CT molecular complexity index is 148. The maximum Gasteiger partial charge on any atom is 0.158 e. The van der Waals surface area contributed by atoms with Crippen LogP contribution in [0.15, 0.2) is 0 Å². The zero-order valence-electron chi connectivity index (χ0n) is 11.2. The maximum atomic E-state index is 5.73. The second-order valence-corrected chi connectivity index (χ2v) is 4.16. The third-order valence-electron chi connectivity index (χ3n) is 3.14. The number of nitrogens with two attached hydrogens (primary N) is 1. The average Bonchev–Trinajstić information content (AvgIpc) is 2.34. The molecule has 1 unspecified atom stereocenters. The largest absolute Gasteiger partial charge is 0.356 e. The Hall–Kier alpha value is -0.160. The van der Waals surface area contributed by atoms with Gasteiger partial charge in [-0.05, 0) is 12.5 Å². The highest BCUT2D eigenvalue weighted by atomic mass is 16.7. The van der Waals surface area contributed by atoms with E-state index in [1.165, 1.54) is 12.8 Å². The fourth-order valence-corrected chi connectivity index (χ4v) is 1.69. The van der Waals surface area contributed by atoms with E-state index in [2.05, 4.69) is 19.2 Å². The van der Waals surface area contributed by atoms with Crippen LogP contribution < -0.4 is 11.1 Å². The summed E-state index contributed by atoms with van der Waals surface area (Å²) in [7, 11) is 3.31. The Balaban J connectivity index is 3.90. The van der Waals surface area contributed by atoms with E-state index in [0.717, 1.165) is 18.9 Å². The highest BCUT2D eigenvalue weighted by Crippen LogP contribution is 2.07. The molecule has 4 heteroatoms. The minimum Gasteiger partial charge on any atom is -0.356 e. The highest BCUT2D eigenvalue weighted by molar-refractivity contribution is 4.71. The molecule has 0 rings (SSSR count). The van der Waals surface area contributed by atoms with Crippen LogP contribution >= 0.6 is 0 Å². The summed E-state index contributed by atoms with van der Waals surface area (Å²) in [5.41, 5.74) is 5.73. The van der Waals surface area contributed by atoms with Crippen LogP contribution in [0.3, 0.4) is 0 Å². The lowest BCUT2D eigenvalue weighted by atomic mass is 10.0. The fraction of sp³-hybridized carbons (Fsp3) is 1.00. The number of nitrogens with one attached hydrogen (secondary N) is 1. The first-order chi connectivity index (χ1) is 7.71. The highest BCUT2D eigenvalue weighted by Gasteiger charge is 2.15. The fourth-order valence-electron chi connectivity index (χ4n) is 1.69. The van der Waals surface area contributed by atoms with Crippen LogP contribution in [0.4, 0.5) is 0 Å². The van der Waals surface area contributed by atoms with Gasteiger partial charge >= 0.3 is 0 Å². The average molecular weight is 232 g/mol. The van der Waals surface area contributed by atoms with Gasteiger partial charge in [0.25, 0.3) is 0 Å². The lowest BCUT2D eigenvalue weighted by molar-refractivity contribution is -0.110. The quantitative estimate of drug-likeness (QED) is 0.558. The summed E-state index contributed by atoms with van der Waals surface area (Å²) in [5, 5.41) is 3.49. The smallest absolute Gasteiger partial charge is 0.158 e. The molecule has 16 heavy (non-hydrogen) atoms. The van der Waals surface area contributed by atoms with Gasteiger partial charge in [0.2, 0.25) is 0 Å². The second kappa shape index (κ2) is 10.0. The van der Waals surface area contributed by atoms with E-state index in [-0.39, 0.29) is 12.3 Å². The van der Waals surface area contributed by atoms with E-state index in [1.807, 2.05) is 0 Å². The first-order valence-electron chi connectivity index (χ1n) is 6.20. The summed E-state index contributed by atoms with van der Waals surface area (Å²) in [6.45, 7) is 6.08. The van der Waals surface area contributed by atoms with Crippen molar-refractivity contribution < 1.29 is 9.47 Å². The Labute approximate surface area is 99.9 Å². The molecule has 98 valence electrons. The number of ether oxygens (including phenoxy) is 2. The van der Waals surface area contributed by atoms with Gasteiger partial charge in [-0.2, -0.15) is 0 Å². The van der Waals surface area contributed by atoms with Gasteiger partial charge < -0.3 is 20.5 Å². The van der Waals surface area contributed by atoms with Crippen molar-refractivity contribution in [3.63, 3.8) is 0 Å². The number of methoxy groups -OCH3 is 2. The van der Waals surface area contributed by atoms with E-state index in [1.54, 1.807) is 14.2 Å². The lowest BCUT2D eigenvalue weighted by Crippen LogP contribution is -2.41. The Kier molecular flexibility index (Phi) is 9.92. The normalized spacial score (nSPS) is 13.7. The van der Waals surface area contributed by atoms with Gasteiger partial charge in [-0.1, -0.05) is 26.7 Å². The summed E-state index contributed by atoms with van der Waals surface area (Å²) in [4.78, 5) is 0. The predicted molar refractivity (Wildman–Crippen MR) is 67.3 cm³/mol. The van der Waals surface area contributed by atoms with Crippen molar-refractivity contribution in [1.82, 2.24) is 5.32 Å². The van der Waals surface area contributed by atoms with Gasteiger partial charge in [0, 0.05) is 33.2 Å². The van der Waals surface area contributed by atoms with Crippen molar-refractivity contribution in [3.8, 4) is 0 Å². The van der Waals surface area contributed by atoms with Crippen LogP contribution in [0, 0.1) is 5.92 Å². The minimum absolute atomic E-state index is 0.164. The SMILES string of the molecule is CCC(CC)CNC(CN)CC(OC)OC. The zero-order valence-corrected chi connectivity index (χ0v) is 11.2. The Morgan fingerprint density at radius 3 is 2.06 bits per heavy atom. The standard InChI is InChI=1S/C12H28N2O2/c1-5-10(6-2)9-14-11(8-13)7-12(15-3)16-4/h10-12,14H,5-9,13H2,1-4H3. The van der Waals surface area contributed by atoms with Crippen LogP contribution in [-0.2, 0) is 9.47 Å². The first-order valence-corrected chi connectivity index (χ1v) is 6.20. The van der Waals surface area contributed by atoms with Crippen LogP contribution in [0.2, 0.25) is 0 Å². The molecule has 0 aromatic carbocycles. The first kappa shape index (κ1) is 15.8. The van der Waals surface area contributed by atoms with Crippen molar-refractivity contribution in [2.75, 3.05) is 27.3 Å². The van der Waals surface area contributed by atoms with E-state index >= 15 is 0 Å². The van der Waals surface area contributed by atoms with Gasteiger partial charge in [0.1, 0.15) is 0 Å². The van der Waals surface area contributed by atoms with Crippen molar-refractivity contribution >= 4 is 0 Å². The molecule has 0 aromatic heterocycles. The molecule has 0 radical (unpaired) electrons. The van der Waals surface area contributed by atoms with Crippen molar-refractivity contribution in [2.45, 2.75) is 45.4 Å². The summed E-state index contributed by atoms with van der Waals surface area (Å²) >= 11 is 0. The molecule has 0 heterocycles. The summed E-state index contributed by atoms with van der Waals surface area (Å²) < 4.78 is 10.3. The molecular weight excluding hydrogens is 204 g/mol. The van der Waals surface area contributed by atoms with Gasteiger partial charge in [-0.25, -0.2) is 0 Å². The van der Waals surface area contributed by atoms with E-state index in [4.69, 9.17) is 15.2 Å². The molecule has 0 fully saturated rings. The van der Waals surface area contributed by atoms with Crippen LogP contribution in [0.1, 0.15) is 33.1 Å². The van der Waals surface area contributed by atoms with Crippen molar-refractivity contribution in [1.29, 1.82) is 0 Å². The molecule has 0 bridgehead atoms. The van der Waals surface area contributed by atoms with E-state index in [0.29, 0.717) is 6.54 Å². The molecule has 1 atom stereocenters. The second-order valence-electron chi connectivity index (χ2n) is 4.16. The maximum absolute atomic E-state index is 5.73. The molecule has 4 nitrogen and oxygen atoms in total. The molecular formula is C12H28N2O2. The summed E-state index contributed by atoms with van der Waals surface area (Å²) in [5.74, 6) is 0.734. The molecule has 0 amide bonds. The Morgan fingerprint density at radius 1 is 1.12 bits per heavy atom. The molecule has 0 spiro atoms. The van der Waals surface area contributed by atoms with Gasteiger partial charge in [0.05, 0.1) is 0 Å². The third-order valence-corrected chi connectivity index (χ3v) is 3.14. The number of rotatable bonds is 10. The number of hydrogen-bond donors (Lipinski definition) is 2. The molecule has 0 aliphatic carbocycles. The van der Waals surface area contributed by atoms with Crippen LogP contribution in [0.5, 0.6) is 0 Å². The minimum atomic E-state index is -0.164.